The highest BCUT2D eigenvalue weighted by Crippen LogP contribution is 2.44. The molecule has 0 heteroatoms. The van der Waals surface area contributed by atoms with Crippen LogP contribution in [0.4, 0.5) is 0 Å². The van der Waals surface area contributed by atoms with Gasteiger partial charge < -0.3 is 0 Å². The molecule has 1 rings (SSSR count). The number of hydrogen-bond donors (Lipinski definition) is 0. The van der Waals surface area contributed by atoms with Crippen LogP contribution in [-0.2, 0) is 0 Å². The monoisotopic (exact) mass is 216 g/mol. The van der Waals surface area contributed by atoms with Crippen LogP contribution >= 0.6 is 0 Å². The van der Waals surface area contributed by atoms with Crippen LogP contribution < -0.4 is 0 Å². The molecule has 16 heavy (non-hydrogen) atoms. The molecule has 2 unspecified atom stereocenters. The first-order valence-electron chi connectivity index (χ1n) is 6.28. The summed E-state index contributed by atoms with van der Waals surface area (Å²) in [5.74, 6) is 4.05. The summed E-state index contributed by atoms with van der Waals surface area (Å²) >= 11 is 0. The van der Waals surface area contributed by atoms with Crippen molar-refractivity contribution in [3.63, 3.8) is 0 Å². The van der Waals surface area contributed by atoms with Crippen molar-refractivity contribution in [1.82, 2.24) is 0 Å². The van der Waals surface area contributed by atoms with Crippen molar-refractivity contribution in [3.8, 4) is 12.3 Å². The van der Waals surface area contributed by atoms with E-state index in [9.17, 15) is 0 Å². The van der Waals surface area contributed by atoms with Crippen LogP contribution in [0.1, 0.15) is 47.0 Å². The Hall–Kier alpha value is -0.960. The molecule has 0 bridgehead atoms. The van der Waals surface area contributed by atoms with E-state index in [0.29, 0.717) is 11.3 Å². The smallest absolute Gasteiger partial charge is 0.00924 e. The van der Waals surface area contributed by atoms with Crippen LogP contribution in [0.15, 0.2) is 23.8 Å². The fourth-order valence-corrected chi connectivity index (χ4v) is 2.88. The van der Waals surface area contributed by atoms with Gasteiger partial charge in [-0.15, -0.1) is 6.42 Å². The molecule has 0 saturated heterocycles. The molecule has 0 N–H and O–H groups in total. The first-order valence-corrected chi connectivity index (χ1v) is 6.28. The summed E-state index contributed by atoms with van der Waals surface area (Å²) in [6, 6.07) is 0. The average Bonchev–Trinajstić information content (AvgIpc) is 2.16. The number of allylic oxidation sites excluding steroid dienone is 4. The van der Waals surface area contributed by atoms with Gasteiger partial charge in [0.1, 0.15) is 0 Å². The summed E-state index contributed by atoms with van der Waals surface area (Å²) in [5.41, 5.74) is 1.61. The van der Waals surface area contributed by atoms with Crippen LogP contribution in [0, 0.1) is 29.6 Å². The van der Waals surface area contributed by atoms with Gasteiger partial charge >= 0.3 is 0 Å². The summed E-state index contributed by atoms with van der Waals surface area (Å²) < 4.78 is 0. The summed E-state index contributed by atoms with van der Waals surface area (Å²) in [4.78, 5) is 0. The molecule has 1 fully saturated rings. The Bertz CT molecular complexity index is 322. The number of hydrogen-bond acceptors (Lipinski definition) is 0. The number of rotatable bonds is 2. The second-order valence-corrected chi connectivity index (χ2v) is 5.80. The minimum Gasteiger partial charge on any atom is -0.115 e. The Morgan fingerprint density at radius 3 is 2.69 bits per heavy atom. The van der Waals surface area contributed by atoms with Gasteiger partial charge in [-0.3, -0.25) is 0 Å². The molecule has 0 spiro atoms. The lowest BCUT2D eigenvalue weighted by molar-refractivity contribution is 0.123. The average molecular weight is 216 g/mol. The summed E-state index contributed by atoms with van der Waals surface area (Å²) in [7, 11) is 0. The quantitative estimate of drug-likeness (QED) is 0.468. The van der Waals surface area contributed by atoms with Gasteiger partial charge in [-0.25, -0.2) is 0 Å². The van der Waals surface area contributed by atoms with Gasteiger partial charge in [-0.05, 0) is 42.2 Å². The van der Waals surface area contributed by atoms with E-state index in [-0.39, 0.29) is 0 Å². The predicted octanol–water partition coefficient (Wildman–Crippen LogP) is 4.58. The molecule has 0 aliphatic heterocycles. The van der Waals surface area contributed by atoms with Crippen molar-refractivity contribution < 1.29 is 0 Å². The van der Waals surface area contributed by atoms with Gasteiger partial charge in [0, 0.05) is 0 Å². The maximum absolute atomic E-state index is 5.26. The van der Waals surface area contributed by atoms with Crippen LogP contribution in [0.3, 0.4) is 0 Å². The first kappa shape index (κ1) is 13.1. The highest BCUT2D eigenvalue weighted by atomic mass is 14.4. The van der Waals surface area contributed by atoms with E-state index in [4.69, 9.17) is 6.42 Å². The Balaban J connectivity index is 2.77. The fraction of sp³-hybridized carbons (Fsp3) is 0.625. The Morgan fingerprint density at radius 1 is 1.44 bits per heavy atom. The predicted molar refractivity (Wildman–Crippen MR) is 72.0 cm³/mol. The highest BCUT2D eigenvalue weighted by molar-refractivity contribution is 5.25. The van der Waals surface area contributed by atoms with E-state index in [2.05, 4.69) is 45.8 Å². The van der Waals surface area contributed by atoms with Crippen LogP contribution in [-0.4, -0.2) is 0 Å². The second-order valence-electron chi connectivity index (χ2n) is 5.80. The molecule has 1 saturated carbocycles. The molecule has 0 aromatic carbocycles. The second kappa shape index (κ2) is 5.39. The van der Waals surface area contributed by atoms with Gasteiger partial charge in [0.15, 0.2) is 0 Å². The maximum atomic E-state index is 5.26. The van der Waals surface area contributed by atoms with Crippen LogP contribution in [0.2, 0.25) is 0 Å². The summed E-state index contributed by atoms with van der Waals surface area (Å²) in [6.07, 6.45) is 15.7. The zero-order chi connectivity index (χ0) is 12.2. The third-order valence-electron chi connectivity index (χ3n) is 3.87. The zero-order valence-corrected chi connectivity index (χ0v) is 11.1. The molecule has 88 valence electrons. The van der Waals surface area contributed by atoms with E-state index in [1.807, 2.05) is 6.08 Å². The minimum absolute atomic E-state index is 0.435. The minimum atomic E-state index is 0.435. The largest absolute Gasteiger partial charge is 0.115 e. The molecule has 1 aliphatic rings. The normalized spacial score (nSPS) is 30.3. The molecule has 0 amide bonds. The van der Waals surface area contributed by atoms with Crippen molar-refractivity contribution in [2.45, 2.75) is 47.0 Å². The fourth-order valence-electron chi connectivity index (χ4n) is 2.88. The standard InChI is InChI=1S/C16H24/c1-6-8-13(2)10-11-15-14(3)9-7-12-16(15,4)5/h1,8,10-11,14-15H,7,9,12H2,2-5H3. The number of terminal acetylenes is 1. The molecule has 0 aromatic rings. The molecule has 0 radical (unpaired) electrons. The lowest BCUT2D eigenvalue weighted by Gasteiger charge is -2.41. The van der Waals surface area contributed by atoms with Crippen molar-refractivity contribution in [2.24, 2.45) is 17.3 Å². The van der Waals surface area contributed by atoms with Crippen molar-refractivity contribution in [1.29, 1.82) is 0 Å². The Morgan fingerprint density at radius 2 is 2.12 bits per heavy atom. The Labute approximate surface area is 101 Å². The lowest BCUT2D eigenvalue weighted by atomic mass is 9.64. The molecule has 0 aromatic heterocycles. The molecule has 0 heterocycles. The SMILES string of the molecule is C#CC=C(C)C=CC1C(C)CCCC1(C)C. The highest BCUT2D eigenvalue weighted by Gasteiger charge is 2.34. The van der Waals surface area contributed by atoms with Gasteiger partial charge in [-0.2, -0.15) is 0 Å². The Kier molecular flexibility index (Phi) is 4.42. The zero-order valence-electron chi connectivity index (χ0n) is 11.1. The van der Waals surface area contributed by atoms with E-state index in [1.165, 1.54) is 24.8 Å². The van der Waals surface area contributed by atoms with Crippen LogP contribution in [0.5, 0.6) is 0 Å². The van der Waals surface area contributed by atoms with Crippen molar-refractivity contribution in [2.75, 3.05) is 0 Å². The first-order chi connectivity index (χ1) is 7.47. The van der Waals surface area contributed by atoms with Crippen molar-refractivity contribution in [3.05, 3.63) is 23.8 Å². The van der Waals surface area contributed by atoms with Gasteiger partial charge in [-0.1, -0.05) is 51.7 Å². The third kappa shape index (κ3) is 3.27. The van der Waals surface area contributed by atoms with E-state index < -0.39 is 0 Å². The lowest BCUT2D eigenvalue weighted by Crippen LogP contribution is -2.32. The molecule has 1 aliphatic carbocycles. The van der Waals surface area contributed by atoms with Crippen LogP contribution in [0.25, 0.3) is 0 Å². The topological polar surface area (TPSA) is 0 Å². The summed E-state index contributed by atoms with van der Waals surface area (Å²) in [5, 5.41) is 0. The molecular weight excluding hydrogens is 192 g/mol. The van der Waals surface area contributed by atoms with E-state index in [1.54, 1.807) is 0 Å². The van der Waals surface area contributed by atoms with Crippen molar-refractivity contribution >= 4 is 0 Å². The summed E-state index contributed by atoms with van der Waals surface area (Å²) in [6.45, 7) is 9.21. The van der Waals surface area contributed by atoms with Gasteiger partial charge in [0.2, 0.25) is 0 Å². The van der Waals surface area contributed by atoms with E-state index >= 15 is 0 Å². The van der Waals surface area contributed by atoms with Gasteiger partial charge in [0.05, 0.1) is 0 Å². The molecular formula is C16H24. The third-order valence-corrected chi connectivity index (χ3v) is 3.87. The van der Waals surface area contributed by atoms with Gasteiger partial charge in [0.25, 0.3) is 0 Å². The van der Waals surface area contributed by atoms with E-state index in [0.717, 1.165) is 5.92 Å². The molecule has 0 nitrogen and oxygen atoms in total. The molecule has 2 atom stereocenters. The maximum Gasteiger partial charge on any atom is -0.00924 e.